The van der Waals surface area contributed by atoms with Gasteiger partial charge in [-0.1, -0.05) is 39.8 Å². The van der Waals surface area contributed by atoms with Crippen LogP contribution in [-0.4, -0.2) is 73.8 Å². The van der Waals surface area contributed by atoms with Crippen molar-refractivity contribution in [1.29, 1.82) is 0 Å². The first-order chi connectivity index (χ1) is 19.6. The SMILES string of the molecule is CCN(CC)CCCOc1ccc(NC(=O)CC(N)c2cccc(OC(C)(C)C)c2)c(OCCCN(CC)CC)c1. The lowest BCUT2D eigenvalue weighted by molar-refractivity contribution is -0.116. The van der Waals surface area contributed by atoms with E-state index in [9.17, 15) is 4.79 Å². The highest BCUT2D eigenvalue weighted by atomic mass is 16.5. The molecule has 1 unspecified atom stereocenters. The van der Waals surface area contributed by atoms with E-state index in [1.54, 1.807) is 0 Å². The second-order valence-corrected chi connectivity index (χ2v) is 11.3. The highest BCUT2D eigenvalue weighted by Gasteiger charge is 2.17. The number of rotatable bonds is 19. The van der Waals surface area contributed by atoms with Crippen LogP contribution in [0.2, 0.25) is 0 Å². The summed E-state index contributed by atoms with van der Waals surface area (Å²) in [6.45, 7) is 21.9. The summed E-state index contributed by atoms with van der Waals surface area (Å²) in [5.74, 6) is 1.89. The molecule has 8 nitrogen and oxygen atoms in total. The molecule has 0 aliphatic heterocycles. The van der Waals surface area contributed by atoms with Crippen LogP contribution in [0.4, 0.5) is 5.69 Å². The fourth-order valence-electron chi connectivity index (χ4n) is 4.52. The van der Waals surface area contributed by atoms with Gasteiger partial charge in [0.05, 0.1) is 18.9 Å². The molecule has 1 amide bonds. The minimum atomic E-state index is -0.467. The second kappa shape index (κ2) is 17.9. The van der Waals surface area contributed by atoms with Crippen molar-refractivity contribution in [2.45, 2.75) is 79.4 Å². The average Bonchev–Trinajstić information content (AvgIpc) is 2.93. The molecule has 41 heavy (non-hydrogen) atoms. The van der Waals surface area contributed by atoms with Gasteiger partial charge in [-0.25, -0.2) is 0 Å². The molecule has 0 bridgehead atoms. The van der Waals surface area contributed by atoms with Gasteiger partial charge in [-0.2, -0.15) is 0 Å². The molecule has 8 heteroatoms. The third kappa shape index (κ3) is 13.1. The minimum Gasteiger partial charge on any atom is -0.493 e. The van der Waals surface area contributed by atoms with Gasteiger partial charge in [0.2, 0.25) is 5.91 Å². The maximum Gasteiger partial charge on any atom is 0.226 e. The standard InChI is InChI=1S/C33H54N4O4/c1-8-36(9-2)19-13-21-39-27-17-18-30(31(24-27)40-22-14-20-37(10-3)11-4)35-32(38)25-29(34)26-15-12-16-28(23-26)41-33(5,6)7/h12,15-18,23-24,29H,8-11,13-14,19-22,25,34H2,1-7H3,(H,35,38). The van der Waals surface area contributed by atoms with E-state index in [1.165, 1.54) is 0 Å². The van der Waals surface area contributed by atoms with E-state index in [0.717, 1.165) is 69.2 Å². The first-order valence-corrected chi connectivity index (χ1v) is 15.3. The fraction of sp³-hybridized carbons (Fsp3) is 0.606. The number of ether oxygens (including phenoxy) is 3. The molecule has 230 valence electrons. The number of hydrogen-bond acceptors (Lipinski definition) is 7. The molecule has 0 fully saturated rings. The maximum absolute atomic E-state index is 13.1. The van der Waals surface area contributed by atoms with E-state index in [1.807, 2.05) is 63.2 Å². The van der Waals surface area contributed by atoms with Crippen LogP contribution in [0, 0.1) is 0 Å². The first kappa shape index (κ1) is 34.4. The van der Waals surface area contributed by atoms with Gasteiger partial charge in [-0.3, -0.25) is 4.79 Å². The van der Waals surface area contributed by atoms with Crippen molar-refractivity contribution in [2.24, 2.45) is 5.73 Å². The van der Waals surface area contributed by atoms with Crippen molar-refractivity contribution in [2.75, 3.05) is 57.8 Å². The van der Waals surface area contributed by atoms with Crippen molar-refractivity contribution in [3.8, 4) is 17.2 Å². The van der Waals surface area contributed by atoms with Crippen LogP contribution in [0.5, 0.6) is 17.2 Å². The highest BCUT2D eigenvalue weighted by Crippen LogP contribution is 2.31. The van der Waals surface area contributed by atoms with E-state index in [4.69, 9.17) is 19.9 Å². The number of carbonyl (C=O) groups is 1. The van der Waals surface area contributed by atoms with Gasteiger partial charge in [-0.05, 0) is 89.6 Å². The Hall–Kier alpha value is -2.81. The van der Waals surface area contributed by atoms with E-state index in [0.29, 0.717) is 24.7 Å². The summed E-state index contributed by atoms with van der Waals surface area (Å²) >= 11 is 0. The Labute approximate surface area is 248 Å². The lowest BCUT2D eigenvalue weighted by Gasteiger charge is -2.22. The zero-order valence-corrected chi connectivity index (χ0v) is 26.5. The van der Waals surface area contributed by atoms with Crippen LogP contribution >= 0.6 is 0 Å². The van der Waals surface area contributed by atoms with Crippen molar-refractivity contribution >= 4 is 11.6 Å². The minimum absolute atomic E-state index is 0.129. The molecule has 0 saturated heterocycles. The Morgan fingerprint density at radius 2 is 1.46 bits per heavy atom. The summed E-state index contributed by atoms with van der Waals surface area (Å²) in [5.41, 5.74) is 7.58. The van der Waals surface area contributed by atoms with Crippen LogP contribution in [0.15, 0.2) is 42.5 Å². The van der Waals surface area contributed by atoms with E-state index in [-0.39, 0.29) is 17.9 Å². The Kier molecular flexibility index (Phi) is 15.0. The van der Waals surface area contributed by atoms with Crippen LogP contribution in [-0.2, 0) is 4.79 Å². The van der Waals surface area contributed by atoms with Gasteiger partial charge in [0.25, 0.3) is 0 Å². The molecule has 0 aliphatic carbocycles. The van der Waals surface area contributed by atoms with Gasteiger partial charge in [0.1, 0.15) is 22.8 Å². The van der Waals surface area contributed by atoms with Crippen molar-refractivity contribution in [3.05, 3.63) is 48.0 Å². The Morgan fingerprint density at radius 3 is 2.05 bits per heavy atom. The molecule has 0 heterocycles. The molecular weight excluding hydrogens is 516 g/mol. The largest absolute Gasteiger partial charge is 0.493 e. The second-order valence-electron chi connectivity index (χ2n) is 11.3. The normalized spacial score (nSPS) is 12.4. The van der Waals surface area contributed by atoms with E-state index in [2.05, 4.69) is 42.8 Å². The highest BCUT2D eigenvalue weighted by molar-refractivity contribution is 5.92. The number of nitrogens with two attached hydrogens (primary N) is 1. The molecule has 0 radical (unpaired) electrons. The lowest BCUT2D eigenvalue weighted by Crippen LogP contribution is -2.25. The molecule has 0 aliphatic rings. The van der Waals surface area contributed by atoms with Crippen molar-refractivity contribution in [3.63, 3.8) is 0 Å². The summed E-state index contributed by atoms with van der Waals surface area (Å²) in [5, 5.41) is 3.01. The number of nitrogens with one attached hydrogen (secondary N) is 1. The molecule has 2 aromatic carbocycles. The number of anilines is 1. The number of nitrogens with zero attached hydrogens (tertiary/aromatic N) is 2. The Balaban J connectivity index is 2.06. The molecule has 2 rings (SSSR count). The summed E-state index contributed by atoms with van der Waals surface area (Å²) in [6.07, 6.45) is 1.96. The summed E-state index contributed by atoms with van der Waals surface area (Å²) in [4.78, 5) is 17.8. The fourth-order valence-corrected chi connectivity index (χ4v) is 4.52. The van der Waals surface area contributed by atoms with Crippen LogP contribution in [0.25, 0.3) is 0 Å². The first-order valence-electron chi connectivity index (χ1n) is 15.3. The summed E-state index contributed by atoms with van der Waals surface area (Å²) in [7, 11) is 0. The number of benzene rings is 2. The maximum atomic E-state index is 13.1. The number of hydrogen-bond donors (Lipinski definition) is 2. The molecule has 1 atom stereocenters. The average molecular weight is 571 g/mol. The molecule has 3 N–H and O–H groups in total. The molecule has 0 spiro atoms. The van der Waals surface area contributed by atoms with Crippen LogP contribution in [0.1, 0.15) is 79.3 Å². The van der Waals surface area contributed by atoms with Crippen molar-refractivity contribution < 1.29 is 19.0 Å². The summed E-state index contributed by atoms with van der Waals surface area (Å²) in [6, 6.07) is 12.8. The zero-order valence-electron chi connectivity index (χ0n) is 26.5. The molecule has 0 saturated carbocycles. The summed E-state index contributed by atoms with van der Waals surface area (Å²) < 4.78 is 18.2. The van der Waals surface area contributed by atoms with E-state index < -0.39 is 6.04 Å². The lowest BCUT2D eigenvalue weighted by atomic mass is 10.0. The van der Waals surface area contributed by atoms with Crippen LogP contribution in [0.3, 0.4) is 0 Å². The van der Waals surface area contributed by atoms with Gasteiger partial charge < -0.3 is 35.1 Å². The topological polar surface area (TPSA) is 89.3 Å². The third-order valence-corrected chi connectivity index (χ3v) is 6.90. The van der Waals surface area contributed by atoms with Gasteiger partial charge in [0.15, 0.2) is 0 Å². The predicted molar refractivity (Wildman–Crippen MR) is 169 cm³/mol. The molecule has 0 aromatic heterocycles. The Morgan fingerprint density at radius 1 is 0.854 bits per heavy atom. The zero-order chi connectivity index (χ0) is 30.3. The quantitative estimate of drug-likeness (QED) is 0.197. The molecular formula is C33H54N4O4. The number of carbonyl (C=O) groups excluding carboxylic acids is 1. The van der Waals surface area contributed by atoms with Gasteiger partial charge >= 0.3 is 0 Å². The van der Waals surface area contributed by atoms with Gasteiger partial charge in [0, 0.05) is 31.6 Å². The number of amides is 1. The molecule has 2 aromatic rings. The Bertz CT molecular complexity index is 1030. The van der Waals surface area contributed by atoms with E-state index >= 15 is 0 Å². The van der Waals surface area contributed by atoms with Gasteiger partial charge in [-0.15, -0.1) is 0 Å². The van der Waals surface area contributed by atoms with Crippen LogP contribution < -0.4 is 25.3 Å². The van der Waals surface area contributed by atoms with Crippen molar-refractivity contribution in [1.82, 2.24) is 9.80 Å². The smallest absolute Gasteiger partial charge is 0.226 e. The predicted octanol–water partition coefficient (Wildman–Crippen LogP) is 6.11. The monoisotopic (exact) mass is 570 g/mol. The third-order valence-electron chi connectivity index (χ3n) is 6.90.